The van der Waals surface area contributed by atoms with Gasteiger partial charge in [0.2, 0.25) is 6.61 Å². The molecule has 84 valence electrons. The molecule has 0 saturated carbocycles. The highest BCUT2D eigenvalue weighted by atomic mass is 16.6. The Labute approximate surface area is 88.7 Å². The average Bonchev–Trinajstić information content (AvgIpc) is 2.22. The van der Waals surface area contributed by atoms with Crippen molar-refractivity contribution in [2.75, 3.05) is 26.2 Å². The molecule has 2 fully saturated rings. The van der Waals surface area contributed by atoms with Gasteiger partial charge >= 0.3 is 5.97 Å². The maximum atomic E-state index is 10.3. The van der Waals surface area contributed by atoms with Gasteiger partial charge in [-0.1, -0.05) is 5.16 Å². The van der Waals surface area contributed by atoms with Gasteiger partial charge in [-0.05, 0) is 19.4 Å². The number of fused-ring (bicyclic) bond motifs is 2. The van der Waals surface area contributed by atoms with Gasteiger partial charge in [-0.3, -0.25) is 0 Å². The first kappa shape index (κ1) is 10.4. The van der Waals surface area contributed by atoms with E-state index in [4.69, 9.17) is 9.94 Å². The molecular weight excluding hydrogens is 196 g/mol. The third kappa shape index (κ3) is 2.68. The fourth-order valence-corrected chi connectivity index (χ4v) is 2.30. The molecule has 0 aromatic rings. The molecule has 2 heterocycles. The van der Waals surface area contributed by atoms with Crippen LogP contribution in [0.4, 0.5) is 0 Å². The first-order valence-corrected chi connectivity index (χ1v) is 5.38. The van der Waals surface area contributed by atoms with Crippen LogP contribution in [0.5, 0.6) is 0 Å². The van der Waals surface area contributed by atoms with Crippen molar-refractivity contribution in [1.29, 1.82) is 0 Å². The lowest BCUT2D eigenvalue weighted by molar-refractivity contribution is -0.142. The zero-order chi connectivity index (χ0) is 10.7. The number of carboxylic acids is 1. The summed E-state index contributed by atoms with van der Waals surface area (Å²) in [4.78, 5) is 17.5. The van der Waals surface area contributed by atoms with Crippen molar-refractivity contribution >= 4 is 11.7 Å². The molecule has 0 aromatic heterocycles. The van der Waals surface area contributed by atoms with E-state index in [-0.39, 0.29) is 6.61 Å². The topological polar surface area (TPSA) is 62.1 Å². The quantitative estimate of drug-likeness (QED) is 0.694. The molecule has 2 aliphatic heterocycles. The lowest BCUT2D eigenvalue weighted by atomic mass is 9.88. The Balaban J connectivity index is 1.88. The first-order chi connectivity index (χ1) is 7.25. The van der Waals surface area contributed by atoms with Gasteiger partial charge in [0.25, 0.3) is 0 Å². The fraction of sp³-hybridized carbons (Fsp3) is 0.800. The summed E-state index contributed by atoms with van der Waals surface area (Å²) in [7, 11) is 0. The number of carboxylic acid groups (broad SMARTS) is 1. The van der Waals surface area contributed by atoms with Crippen LogP contribution in [0.15, 0.2) is 5.16 Å². The van der Waals surface area contributed by atoms with Crippen LogP contribution in [0.1, 0.15) is 19.3 Å². The van der Waals surface area contributed by atoms with E-state index in [2.05, 4.69) is 10.1 Å². The molecule has 2 bridgehead atoms. The van der Waals surface area contributed by atoms with Gasteiger partial charge in [0.15, 0.2) is 0 Å². The van der Waals surface area contributed by atoms with Crippen LogP contribution in [0.3, 0.4) is 0 Å². The van der Waals surface area contributed by atoms with E-state index >= 15 is 0 Å². The first-order valence-electron chi connectivity index (χ1n) is 5.38. The molecule has 0 spiro atoms. The van der Waals surface area contributed by atoms with Crippen LogP contribution in [0.25, 0.3) is 0 Å². The Morgan fingerprint density at radius 3 is 3.27 bits per heavy atom. The third-order valence-electron chi connectivity index (χ3n) is 3.03. The minimum absolute atomic E-state index is 0.333. The van der Waals surface area contributed by atoms with Crippen molar-refractivity contribution in [2.24, 2.45) is 11.1 Å². The maximum absolute atomic E-state index is 10.3. The molecule has 0 aliphatic carbocycles. The van der Waals surface area contributed by atoms with Crippen LogP contribution in [-0.4, -0.2) is 47.9 Å². The molecule has 2 atom stereocenters. The van der Waals surface area contributed by atoms with E-state index in [1.165, 1.54) is 13.0 Å². The van der Waals surface area contributed by atoms with Crippen molar-refractivity contribution in [3.63, 3.8) is 0 Å². The molecule has 15 heavy (non-hydrogen) atoms. The summed E-state index contributed by atoms with van der Waals surface area (Å²) >= 11 is 0. The number of nitrogens with zero attached hydrogens (tertiary/aromatic N) is 2. The number of rotatable bonds is 3. The van der Waals surface area contributed by atoms with Gasteiger partial charge in [0.1, 0.15) is 0 Å². The zero-order valence-electron chi connectivity index (χ0n) is 8.69. The van der Waals surface area contributed by atoms with Crippen molar-refractivity contribution < 1.29 is 14.7 Å². The van der Waals surface area contributed by atoms with E-state index in [1.807, 2.05) is 0 Å². The van der Waals surface area contributed by atoms with Crippen LogP contribution in [0.2, 0.25) is 0 Å². The van der Waals surface area contributed by atoms with Gasteiger partial charge in [0.05, 0.1) is 5.71 Å². The minimum Gasteiger partial charge on any atom is -0.479 e. The van der Waals surface area contributed by atoms with Crippen LogP contribution in [0, 0.1) is 5.92 Å². The van der Waals surface area contributed by atoms with E-state index in [0.29, 0.717) is 5.92 Å². The number of hydrogen-bond acceptors (Lipinski definition) is 4. The number of oxime groups is 1. The normalized spacial score (nSPS) is 32.7. The molecule has 2 saturated heterocycles. The van der Waals surface area contributed by atoms with Gasteiger partial charge < -0.3 is 14.8 Å². The van der Waals surface area contributed by atoms with Crippen LogP contribution >= 0.6 is 0 Å². The maximum Gasteiger partial charge on any atom is 0.344 e. The molecule has 0 radical (unpaired) electrons. The Morgan fingerprint density at radius 2 is 2.47 bits per heavy atom. The van der Waals surface area contributed by atoms with E-state index in [0.717, 1.165) is 31.6 Å². The standard InChI is InChI=1S/C10H16N2O3/c13-10(14)7-15-11-9-3-5-12-4-1-2-8(9)6-12/h8H,1-7H2,(H,13,14)/b11-9+. The Hall–Kier alpha value is -1.10. The summed E-state index contributed by atoms with van der Waals surface area (Å²) in [6, 6.07) is 0. The van der Waals surface area contributed by atoms with Crippen molar-refractivity contribution in [3.05, 3.63) is 0 Å². The van der Waals surface area contributed by atoms with Gasteiger partial charge in [0, 0.05) is 25.4 Å². The van der Waals surface area contributed by atoms with E-state index in [9.17, 15) is 4.79 Å². The molecule has 5 nitrogen and oxygen atoms in total. The number of aliphatic carboxylic acids is 1. The highest BCUT2D eigenvalue weighted by Crippen LogP contribution is 2.24. The highest BCUT2D eigenvalue weighted by molar-refractivity contribution is 5.87. The van der Waals surface area contributed by atoms with Crippen molar-refractivity contribution in [3.8, 4) is 0 Å². The molecular formula is C10H16N2O3. The zero-order valence-corrected chi connectivity index (χ0v) is 8.69. The number of hydrogen-bond donors (Lipinski definition) is 1. The smallest absolute Gasteiger partial charge is 0.344 e. The van der Waals surface area contributed by atoms with Crippen LogP contribution < -0.4 is 0 Å². The Kier molecular flexibility index (Phi) is 3.20. The lowest BCUT2D eigenvalue weighted by Gasteiger charge is -2.37. The molecule has 0 amide bonds. The second kappa shape index (κ2) is 4.61. The summed E-state index contributed by atoms with van der Waals surface area (Å²) in [5.74, 6) is -0.485. The summed E-state index contributed by atoms with van der Waals surface area (Å²) in [6.07, 6.45) is 3.29. The second-order valence-corrected chi connectivity index (χ2v) is 4.14. The van der Waals surface area contributed by atoms with Gasteiger partial charge in [-0.15, -0.1) is 0 Å². The fourth-order valence-electron chi connectivity index (χ4n) is 2.30. The predicted octanol–water partition coefficient (Wildman–Crippen LogP) is 0.559. The summed E-state index contributed by atoms with van der Waals surface area (Å²) in [6.45, 7) is 2.96. The minimum atomic E-state index is -0.972. The van der Waals surface area contributed by atoms with Crippen molar-refractivity contribution in [1.82, 2.24) is 4.90 Å². The molecule has 2 unspecified atom stereocenters. The predicted molar refractivity (Wildman–Crippen MR) is 54.8 cm³/mol. The highest BCUT2D eigenvalue weighted by Gasteiger charge is 2.29. The van der Waals surface area contributed by atoms with Crippen molar-refractivity contribution in [2.45, 2.75) is 19.3 Å². The van der Waals surface area contributed by atoms with Gasteiger partial charge in [-0.25, -0.2) is 4.79 Å². The lowest BCUT2D eigenvalue weighted by Crippen LogP contribution is -2.45. The Bertz CT molecular complexity index is 278. The third-order valence-corrected chi connectivity index (χ3v) is 3.03. The SMILES string of the molecule is O=C(O)CO/N=C1\CCN2CCCC1C2. The average molecular weight is 212 g/mol. The monoisotopic (exact) mass is 212 g/mol. The summed E-state index contributed by atoms with van der Waals surface area (Å²) in [5, 5.41) is 12.4. The van der Waals surface area contributed by atoms with E-state index in [1.54, 1.807) is 0 Å². The second-order valence-electron chi connectivity index (χ2n) is 4.14. The Morgan fingerprint density at radius 1 is 1.60 bits per heavy atom. The molecule has 2 rings (SSSR count). The van der Waals surface area contributed by atoms with Crippen LogP contribution in [-0.2, 0) is 9.63 Å². The summed E-state index contributed by atoms with van der Waals surface area (Å²) in [5.41, 5.74) is 1.05. The number of carbonyl (C=O) groups is 1. The molecule has 5 heteroatoms. The number of piperidine rings is 2. The largest absolute Gasteiger partial charge is 0.479 e. The molecule has 1 N–H and O–H groups in total. The molecule has 2 aliphatic rings. The van der Waals surface area contributed by atoms with E-state index < -0.39 is 5.97 Å². The summed E-state index contributed by atoms with van der Waals surface area (Å²) < 4.78 is 0. The molecule has 0 aromatic carbocycles. The van der Waals surface area contributed by atoms with Gasteiger partial charge in [-0.2, -0.15) is 0 Å².